The van der Waals surface area contributed by atoms with Crippen molar-refractivity contribution in [2.45, 2.75) is 80.9 Å². The van der Waals surface area contributed by atoms with Crippen LogP contribution in [0.3, 0.4) is 0 Å². The molecule has 5 unspecified atom stereocenters. The van der Waals surface area contributed by atoms with Crippen LogP contribution in [0, 0.1) is 17.8 Å². The van der Waals surface area contributed by atoms with E-state index >= 15 is 0 Å². The van der Waals surface area contributed by atoms with Crippen LogP contribution < -0.4 is 0 Å². The van der Waals surface area contributed by atoms with E-state index in [1.807, 2.05) is 0 Å². The maximum Gasteiger partial charge on any atom is 0.431 e. The Balaban J connectivity index is 1.93. The maximum atomic E-state index is 13.5. The zero-order valence-electron chi connectivity index (χ0n) is 19.4. The number of ether oxygens (including phenoxy) is 2. The molecule has 2 N–H and O–H groups in total. The Morgan fingerprint density at radius 2 is 1.56 bits per heavy atom. The van der Waals surface area contributed by atoms with Crippen molar-refractivity contribution in [2.75, 3.05) is 13.2 Å². The first kappa shape index (κ1) is 30.8. The van der Waals surface area contributed by atoms with Gasteiger partial charge in [-0.05, 0) is 50.4 Å². The van der Waals surface area contributed by atoms with Gasteiger partial charge in [-0.3, -0.25) is 4.55 Å². The van der Waals surface area contributed by atoms with Crippen LogP contribution in [0.4, 0.5) is 30.7 Å². The summed E-state index contributed by atoms with van der Waals surface area (Å²) >= 11 is 0. The van der Waals surface area contributed by atoms with Crippen LogP contribution in [0.1, 0.15) is 51.9 Å². The van der Waals surface area contributed by atoms with Crippen LogP contribution in [0.25, 0.3) is 0 Å². The summed E-state index contributed by atoms with van der Waals surface area (Å²) in [7, 11) is -6.38. The summed E-state index contributed by atoms with van der Waals surface area (Å²) in [4.78, 5) is 12.4. The third kappa shape index (κ3) is 6.33. The second-order valence-electron chi connectivity index (χ2n) is 9.49. The number of alkyl halides is 7. The fourth-order valence-electron chi connectivity index (χ4n) is 4.99. The Kier molecular flexibility index (Phi) is 9.17. The van der Waals surface area contributed by atoms with E-state index in [1.165, 1.54) is 0 Å². The van der Waals surface area contributed by atoms with Crippen LogP contribution in [-0.2, 0) is 24.4 Å². The van der Waals surface area contributed by atoms with Gasteiger partial charge in [0, 0.05) is 6.42 Å². The molecule has 2 saturated carbocycles. The molecule has 5 atom stereocenters. The molecule has 0 aromatic carbocycles. The lowest BCUT2D eigenvalue weighted by atomic mass is 9.60. The van der Waals surface area contributed by atoms with Crippen molar-refractivity contribution in [1.82, 2.24) is 0 Å². The first-order chi connectivity index (χ1) is 16.2. The van der Waals surface area contributed by atoms with Crippen molar-refractivity contribution < 1.29 is 63.1 Å². The Bertz CT molecular complexity index is 918. The number of carbonyl (C=O) groups excluding carboxylic acids is 1. The normalized spacial score (nSPS) is 27.6. The van der Waals surface area contributed by atoms with Gasteiger partial charge < -0.3 is 14.6 Å². The Hall–Kier alpha value is -1.45. The van der Waals surface area contributed by atoms with E-state index in [0.29, 0.717) is 25.7 Å². The number of fused-ring (bicyclic) bond motifs is 1. The summed E-state index contributed by atoms with van der Waals surface area (Å²) in [5.74, 6) is -8.23. The highest BCUT2D eigenvalue weighted by Gasteiger charge is 2.65. The van der Waals surface area contributed by atoms with E-state index in [2.05, 4.69) is 6.58 Å². The number of aliphatic hydroxyl groups is 1. The van der Waals surface area contributed by atoms with Gasteiger partial charge in [-0.2, -0.15) is 39.2 Å². The molecule has 15 heteroatoms. The smallest absolute Gasteiger partial charge is 0.431 e. The van der Waals surface area contributed by atoms with Crippen LogP contribution in [0.5, 0.6) is 0 Å². The summed E-state index contributed by atoms with van der Waals surface area (Å²) in [5.41, 5.74) is -3.29. The van der Waals surface area contributed by atoms with Crippen molar-refractivity contribution in [3.63, 3.8) is 0 Å². The highest BCUT2D eigenvalue weighted by Crippen LogP contribution is 2.52. The van der Waals surface area contributed by atoms with Crippen LogP contribution in [0.2, 0.25) is 0 Å². The van der Waals surface area contributed by atoms with Crippen molar-refractivity contribution in [3.05, 3.63) is 12.2 Å². The van der Waals surface area contributed by atoms with Crippen molar-refractivity contribution in [2.24, 2.45) is 17.8 Å². The number of hydrogen-bond donors (Lipinski definition) is 2. The molecule has 0 aromatic rings. The quantitative estimate of drug-likeness (QED) is 0.134. The third-order valence-electron chi connectivity index (χ3n) is 7.06. The molecule has 0 spiro atoms. The number of carbonyl (C=O) groups is 1. The topological polar surface area (TPSA) is 110 Å². The van der Waals surface area contributed by atoms with E-state index < -0.39 is 82.5 Å². The minimum atomic E-state index is -6.38. The minimum Gasteiger partial charge on any atom is -0.459 e. The standard InChI is InChI=1S/C21H29F7O7S/c1-12(11-34-10-9-19(22,23)21(27,28)36(31,32)33)17(29)35-16-8-7-15(18(2,30)20(24,25)26)13-5-3-4-6-14(13)16/h13-16,30H,1,3-11H2,2H3,(H,31,32,33). The van der Waals surface area contributed by atoms with E-state index in [-0.39, 0.29) is 18.4 Å². The van der Waals surface area contributed by atoms with E-state index in [1.54, 1.807) is 0 Å². The highest BCUT2D eigenvalue weighted by atomic mass is 32.2. The maximum absolute atomic E-state index is 13.5. The van der Waals surface area contributed by atoms with Gasteiger partial charge in [-0.25, -0.2) is 4.79 Å². The van der Waals surface area contributed by atoms with Gasteiger partial charge in [0.2, 0.25) is 0 Å². The van der Waals surface area contributed by atoms with Gasteiger partial charge in [0.25, 0.3) is 0 Å². The van der Waals surface area contributed by atoms with Gasteiger partial charge in [0.15, 0.2) is 5.60 Å². The summed E-state index contributed by atoms with van der Waals surface area (Å²) in [6.07, 6.45) is -5.14. The number of rotatable bonds is 10. The third-order valence-corrected chi connectivity index (χ3v) is 8.01. The van der Waals surface area contributed by atoms with Gasteiger partial charge >= 0.3 is 33.4 Å². The molecule has 36 heavy (non-hydrogen) atoms. The summed E-state index contributed by atoms with van der Waals surface area (Å²) < 4.78 is 133. The fraction of sp³-hybridized carbons (Fsp3) is 0.857. The lowest BCUT2D eigenvalue weighted by molar-refractivity contribution is -0.287. The van der Waals surface area contributed by atoms with Crippen molar-refractivity contribution >= 4 is 16.1 Å². The average molecular weight is 559 g/mol. The zero-order chi connectivity index (χ0) is 27.7. The molecule has 0 amide bonds. The Labute approximate surface area is 203 Å². The highest BCUT2D eigenvalue weighted by molar-refractivity contribution is 7.87. The second kappa shape index (κ2) is 10.7. The van der Waals surface area contributed by atoms with E-state index in [0.717, 1.165) is 6.92 Å². The molecular weight excluding hydrogens is 529 g/mol. The molecule has 2 aliphatic carbocycles. The molecule has 0 aliphatic heterocycles. The van der Waals surface area contributed by atoms with Crippen molar-refractivity contribution in [3.8, 4) is 0 Å². The molecule has 0 radical (unpaired) electrons. The van der Waals surface area contributed by atoms with Gasteiger partial charge in [-0.1, -0.05) is 19.4 Å². The van der Waals surface area contributed by atoms with Gasteiger partial charge in [0.1, 0.15) is 6.10 Å². The monoisotopic (exact) mass is 558 g/mol. The molecule has 7 nitrogen and oxygen atoms in total. The SMILES string of the molecule is C=C(COCCC(F)(F)C(F)(F)S(=O)(=O)O)C(=O)OC1CCC(C(C)(O)C(F)(F)F)C2CCCCC12. The number of esters is 1. The summed E-state index contributed by atoms with van der Waals surface area (Å²) in [5, 5.41) is 4.49. The fourth-order valence-corrected chi connectivity index (χ4v) is 5.46. The number of halogens is 7. The molecule has 0 bridgehead atoms. The summed E-state index contributed by atoms with van der Waals surface area (Å²) in [6.45, 7) is 2.27. The van der Waals surface area contributed by atoms with E-state index in [4.69, 9.17) is 14.0 Å². The molecule has 0 heterocycles. The second-order valence-corrected chi connectivity index (χ2v) is 11.0. The summed E-state index contributed by atoms with van der Waals surface area (Å²) in [6, 6.07) is 0. The van der Waals surface area contributed by atoms with E-state index in [9.17, 15) is 49.1 Å². The minimum absolute atomic E-state index is 0.0499. The molecule has 210 valence electrons. The zero-order valence-corrected chi connectivity index (χ0v) is 20.2. The molecular formula is C21H29F7O7S. The van der Waals surface area contributed by atoms with Crippen molar-refractivity contribution in [1.29, 1.82) is 0 Å². The molecule has 2 fully saturated rings. The van der Waals surface area contributed by atoms with Gasteiger partial charge in [-0.15, -0.1) is 0 Å². The lowest BCUT2D eigenvalue weighted by Crippen LogP contribution is -2.56. The van der Waals surface area contributed by atoms with Gasteiger partial charge in [0.05, 0.1) is 18.8 Å². The van der Waals surface area contributed by atoms with Crippen LogP contribution >= 0.6 is 0 Å². The largest absolute Gasteiger partial charge is 0.459 e. The lowest BCUT2D eigenvalue weighted by Gasteiger charge is -2.50. The number of hydrogen-bond acceptors (Lipinski definition) is 6. The van der Waals surface area contributed by atoms with Crippen LogP contribution in [-0.4, -0.2) is 66.3 Å². The first-order valence-corrected chi connectivity index (χ1v) is 12.7. The molecule has 2 aliphatic rings. The molecule has 2 rings (SSSR count). The molecule has 0 saturated heterocycles. The first-order valence-electron chi connectivity index (χ1n) is 11.2. The van der Waals surface area contributed by atoms with Crippen LogP contribution in [0.15, 0.2) is 12.2 Å². The molecule has 0 aromatic heterocycles. The average Bonchev–Trinajstić information content (AvgIpc) is 2.74. The predicted octanol–water partition coefficient (Wildman–Crippen LogP) is 4.51. The Morgan fingerprint density at radius 1 is 1.00 bits per heavy atom. The Morgan fingerprint density at radius 3 is 2.08 bits per heavy atom. The predicted molar refractivity (Wildman–Crippen MR) is 111 cm³/mol.